The zero-order valence-corrected chi connectivity index (χ0v) is 9.87. The van der Waals surface area contributed by atoms with Gasteiger partial charge < -0.3 is 13.8 Å². The van der Waals surface area contributed by atoms with E-state index in [4.69, 9.17) is 13.8 Å². The van der Waals surface area contributed by atoms with Gasteiger partial charge >= 0.3 is 7.60 Å². The summed E-state index contributed by atoms with van der Waals surface area (Å²) in [6, 6.07) is 0. The van der Waals surface area contributed by atoms with Crippen LogP contribution in [0.1, 0.15) is 20.3 Å². The summed E-state index contributed by atoms with van der Waals surface area (Å²) >= 11 is 0. The van der Waals surface area contributed by atoms with Crippen LogP contribution in [0.4, 0.5) is 0 Å². The molecular formula is C8H17O5P. The highest BCUT2D eigenvalue weighted by atomic mass is 31.2. The number of carbonyl (C=O) groups excluding carboxylic acids is 1. The minimum absolute atomic E-state index is 0.0345. The molecule has 0 heterocycles. The van der Waals surface area contributed by atoms with Crippen LogP contribution in [0.2, 0.25) is 0 Å². The molecule has 0 rings (SSSR count). The summed E-state index contributed by atoms with van der Waals surface area (Å²) in [6.07, 6.45) is 0.0345. The maximum Gasteiger partial charge on any atom is 0.359 e. The molecular weight excluding hydrogens is 207 g/mol. The van der Waals surface area contributed by atoms with Crippen molar-refractivity contribution in [3.05, 3.63) is 0 Å². The SMILES string of the molecule is CCOC(CC(C)=O)P(=O)(OC)OC. The van der Waals surface area contributed by atoms with E-state index in [1.807, 2.05) is 0 Å². The summed E-state index contributed by atoms with van der Waals surface area (Å²) in [6.45, 7) is 3.51. The minimum atomic E-state index is -3.30. The Morgan fingerprint density at radius 2 is 1.86 bits per heavy atom. The molecule has 0 aromatic rings. The van der Waals surface area contributed by atoms with Gasteiger partial charge in [0.1, 0.15) is 5.78 Å². The van der Waals surface area contributed by atoms with Gasteiger partial charge in [0, 0.05) is 27.2 Å². The molecule has 0 spiro atoms. The number of Topliss-reactive ketones (excluding diaryl/α,β-unsaturated/α-hetero) is 1. The molecule has 0 aromatic carbocycles. The molecule has 0 saturated carbocycles. The lowest BCUT2D eigenvalue weighted by atomic mass is 10.3. The number of rotatable bonds is 7. The molecule has 0 aliphatic rings. The summed E-state index contributed by atoms with van der Waals surface area (Å²) in [7, 11) is -0.756. The number of ether oxygens (including phenoxy) is 1. The standard InChI is InChI=1S/C8H17O5P/c1-5-13-8(6-7(2)9)14(10,11-3)12-4/h8H,5-6H2,1-4H3. The summed E-state index contributed by atoms with van der Waals surface area (Å²) in [5.41, 5.74) is 0. The summed E-state index contributed by atoms with van der Waals surface area (Å²) in [5.74, 6) is -0.919. The van der Waals surface area contributed by atoms with E-state index in [1.165, 1.54) is 21.1 Å². The zero-order valence-electron chi connectivity index (χ0n) is 8.98. The number of hydrogen-bond donors (Lipinski definition) is 0. The molecule has 14 heavy (non-hydrogen) atoms. The van der Waals surface area contributed by atoms with Crippen molar-refractivity contribution in [1.29, 1.82) is 0 Å². The van der Waals surface area contributed by atoms with E-state index < -0.39 is 13.4 Å². The third-order valence-electron chi connectivity index (χ3n) is 1.68. The first-order valence-electron chi connectivity index (χ1n) is 4.32. The van der Waals surface area contributed by atoms with Crippen molar-refractivity contribution in [2.45, 2.75) is 26.1 Å². The smallest absolute Gasteiger partial charge is 0.359 e. The van der Waals surface area contributed by atoms with Crippen molar-refractivity contribution in [1.82, 2.24) is 0 Å². The van der Waals surface area contributed by atoms with Crippen LogP contribution in [-0.2, 0) is 23.1 Å². The molecule has 1 unspecified atom stereocenters. The average molecular weight is 224 g/mol. The number of hydrogen-bond acceptors (Lipinski definition) is 5. The minimum Gasteiger partial charge on any atom is -0.365 e. The van der Waals surface area contributed by atoms with Crippen molar-refractivity contribution in [3.63, 3.8) is 0 Å². The van der Waals surface area contributed by atoms with Gasteiger partial charge in [-0.1, -0.05) is 0 Å². The van der Waals surface area contributed by atoms with Gasteiger partial charge in [0.25, 0.3) is 0 Å². The van der Waals surface area contributed by atoms with Crippen LogP contribution in [0, 0.1) is 0 Å². The molecule has 0 radical (unpaired) electrons. The lowest BCUT2D eigenvalue weighted by Gasteiger charge is -2.22. The first-order valence-corrected chi connectivity index (χ1v) is 5.93. The van der Waals surface area contributed by atoms with E-state index in [-0.39, 0.29) is 12.2 Å². The maximum atomic E-state index is 11.9. The quantitative estimate of drug-likeness (QED) is 0.617. The third kappa shape index (κ3) is 3.88. The van der Waals surface area contributed by atoms with Gasteiger partial charge in [0.05, 0.1) is 0 Å². The Kier molecular flexibility index (Phi) is 6.20. The molecule has 1 atom stereocenters. The maximum absolute atomic E-state index is 11.9. The molecule has 0 aliphatic carbocycles. The Morgan fingerprint density at radius 3 is 2.14 bits per heavy atom. The topological polar surface area (TPSA) is 61.8 Å². The Morgan fingerprint density at radius 1 is 1.36 bits per heavy atom. The first-order chi connectivity index (χ1) is 6.50. The molecule has 5 nitrogen and oxygen atoms in total. The van der Waals surface area contributed by atoms with E-state index >= 15 is 0 Å². The van der Waals surface area contributed by atoms with Crippen molar-refractivity contribution in [2.24, 2.45) is 0 Å². The lowest BCUT2D eigenvalue weighted by molar-refractivity contribution is -0.118. The molecule has 0 saturated heterocycles. The fourth-order valence-corrected chi connectivity index (χ4v) is 2.44. The predicted molar refractivity (Wildman–Crippen MR) is 52.3 cm³/mol. The van der Waals surface area contributed by atoms with Crippen molar-refractivity contribution in [2.75, 3.05) is 20.8 Å². The van der Waals surface area contributed by atoms with Gasteiger partial charge in [-0.2, -0.15) is 0 Å². The molecule has 0 amide bonds. The summed E-state index contributed by atoms with van der Waals surface area (Å²) in [4.78, 5) is 10.9. The van der Waals surface area contributed by atoms with E-state index in [2.05, 4.69) is 0 Å². The molecule has 0 bridgehead atoms. The van der Waals surface area contributed by atoms with Gasteiger partial charge in [0.15, 0.2) is 5.85 Å². The Hall–Kier alpha value is -0.220. The zero-order chi connectivity index (χ0) is 11.2. The average Bonchev–Trinajstić information content (AvgIpc) is 2.15. The third-order valence-corrected chi connectivity index (χ3v) is 3.74. The van der Waals surface area contributed by atoms with E-state index in [9.17, 15) is 9.36 Å². The van der Waals surface area contributed by atoms with Gasteiger partial charge in [-0.05, 0) is 13.8 Å². The van der Waals surface area contributed by atoms with Crippen molar-refractivity contribution >= 4 is 13.4 Å². The molecule has 0 N–H and O–H groups in total. The van der Waals surface area contributed by atoms with Crippen LogP contribution in [0.3, 0.4) is 0 Å². The normalized spacial score (nSPS) is 14.0. The highest BCUT2D eigenvalue weighted by molar-refractivity contribution is 7.54. The summed E-state index contributed by atoms with van der Waals surface area (Å²) in [5, 5.41) is 0. The van der Waals surface area contributed by atoms with Gasteiger partial charge in [-0.25, -0.2) is 0 Å². The van der Waals surface area contributed by atoms with E-state index in [0.29, 0.717) is 6.61 Å². The monoisotopic (exact) mass is 224 g/mol. The highest BCUT2D eigenvalue weighted by Crippen LogP contribution is 2.53. The van der Waals surface area contributed by atoms with Crippen LogP contribution in [0.5, 0.6) is 0 Å². The predicted octanol–water partition coefficient (Wildman–Crippen LogP) is 1.81. The number of ketones is 1. The second-order valence-electron chi connectivity index (χ2n) is 2.72. The van der Waals surface area contributed by atoms with Crippen LogP contribution in [0.15, 0.2) is 0 Å². The van der Waals surface area contributed by atoms with Gasteiger partial charge in [-0.3, -0.25) is 9.36 Å². The molecule has 84 valence electrons. The fraction of sp³-hybridized carbons (Fsp3) is 0.875. The summed E-state index contributed by atoms with van der Waals surface area (Å²) < 4.78 is 26.5. The molecule has 0 aromatic heterocycles. The second kappa shape index (κ2) is 6.30. The van der Waals surface area contributed by atoms with Crippen molar-refractivity contribution < 1.29 is 23.1 Å². The Bertz CT molecular complexity index is 220. The fourth-order valence-electron chi connectivity index (χ4n) is 1.01. The van der Waals surface area contributed by atoms with Crippen molar-refractivity contribution in [3.8, 4) is 0 Å². The molecule has 0 fully saturated rings. The largest absolute Gasteiger partial charge is 0.365 e. The van der Waals surface area contributed by atoms with Crippen LogP contribution >= 0.6 is 7.60 Å². The van der Waals surface area contributed by atoms with Gasteiger partial charge in [-0.15, -0.1) is 0 Å². The van der Waals surface area contributed by atoms with Crippen LogP contribution < -0.4 is 0 Å². The second-order valence-corrected chi connectivity index (χ2v) is 5.11. The van der Waals surface area contributed by atoms with E-state index in [0.717, 1.165) is 0 Å². The van der Waals surface area contributed by atoms with Gasteiger partial charge in [0.2, 0.25) is 0 Å². The van der Waals surface area contributed by atoms with Crippen LogP contribution in [-0.4, -0.2) is 32.5 Å². The highest BCUT2D eigenvalue weighted by Gasteiger charge is 2.35. The molecule has 0 aliphatic heterocycles. The number of carbonyl (C=O) groups is 1. The Labute approximate surface area is 84.3 Å². The molecule has 6 heteroatoms. The lowest BCUT2D eigenvalue weighted by Crippen LogP contribution is -2.18. The van der Waals surface area contributed by atoms with E-state index in [1.54, 1.807) is 6.92 Å². The first kappa shape index (κ1) is 13.8. The Balaban J connectivity index is 4.60. The van der Waals surface area contributed by atoms with Crippen LogP contribution in [0.25, 0.3) is 0 Å².